The summed E-state index contributed by atoms with van der Waals surface area (Å²) in [6, 6.07) is 7.97. The lowest BCUT2D eigenvalue weighted by atomic mass is 9.92. The van der Waals surface area contributed by atoms with Gasteiger partial charge in [0.05, 0.1) is 10.2 Å². The SMILES string of the molecule is O=C(c1cc2sccc2[nH]1)N1CC(c2cccnc2)C1. The minimum Gasteiger partial charge on any atom is -0.350 e. The lowest BCUT2D eigenvalue weighted by Gasteiger charge is -2.39. The number of carbonyl (C=O) groups is 1. The molecule has 0 unspecified atom stereocenters. The van der Waals surface area contributed by atoms with Gasteiger partial charge in [-0.15, -0.1) is 11.3 Å². The van der Waals surface area contributed by atoms with Crippen molar-refractivity contribution in [2.75, 3.05) is 13.1 Å². The first-order valence-electron chi connectivity index (χ1n) is 6.56. The second-order valence-corrected chi connectivity index (χ2v) is 6.02. The molecule has 1 saturated heterocycles. The van der Waals surface area contributed by atoms with Gasteiger partial charge in [0.2, 0.25) is 0 Å². The Hall–Kier alpha value is -2.14. The topological polar surface area (TPSA) is 49.0 Å². The second kappa shape index (κ2) is 4.45. The van der Waals surface area contributed by atoms with Crippen molar-refractivity contribution in [3.8, 4) is 0 Å². The molecule has 1 fully saturated rings. The van der Waals surface area contributed by atoms with Crippen LogP contribution in [0.2, 0.25) is 0 Å². The average Bonchev–Trinajstić information content (AvgIpc) is 2.98. The number of nitrogens with zero attached hydrogens (tertiary/aromatic N) is 2. The number of carbonyl (C=O) groups excluding carboxylic acids is 1. The van der Waals surface area contributed by atoms with Crippen LogP contribution < -0.4 is 0 Å². The van der Waals surface area contributed by atoms with Gasteiger partial charge in [-0.1, -0.05) is 6.07 Å². The fourth-order valence-electron chi connectivity index (χ4n) is 2.61. The number of thiophene rings is 1. The molecule has 0 bridgehead atoms. The Kier molecular flexibility index (Phi) is 2.60. The van der Waals surface area contributed by atoms with Gasteiger partial charge in [-0.05, 0) is 29.1 Å². The minimum atomic E-state index is 0.0912. The van der Waals surface area contributed by atoms with Crippen LogP contribution in [0.25, 0.3) is 10.2 Å². The summed E-state index contributed by atoms with van der Waals surface area (Å²) in [5.41, 5.74) is 2.95. The summed E-state index contributed by atoms with van der Waals surface area (Å²) in [5, 5.41) is 2.03. The van der Waals surface area contributed by atoms with Crippen LogP contribution in [0.3, 0.4) is 0 Å². The van der Waals surface area contributed by atoms with Gasteiger partial charge in [0, 0.05) is 31.4 Å². The molecule has 1 amide bonds. The van der Waals surface area contributed by atoms with Gasteiger partial charge in [0.1, 0.15) is 5.69 Å². The van der Waals surface area contributed by atoms with E-state index in [4.69, 9.17) is 0 Å². The van der Waals surface area contributed by atoms with Crippen molar-refractivity contribution in [2.24, 2.45) is 0 Å². The number of nitrogens with one attached hydrogen (secondary N) is 1. The zero-order chi connectivity index (χ0) is 13.5. The lowest BCUT2D eigenvalue weighted by Crippen LogP contribution is -2.48. The van der Waals surface area contributed by atoms with E-state index >= 15 is 0 Å². The molecule has 0 spiro atoms. The van der Waals surface area contributed by atoms with Crippen molar-refractivity contribution in [1.29, 1.82) is 0 Å². The first-order chi connectivity index (χ1) is 9.81. The summed E-state index contributed by atoms with van der Waals surface area (Å²) < 4.78 is 1.14. The van der Waals surface area contributed by atoms with Crippen LogP contribution in [-0.2, 0) is 0 Å². The molecule has 4 nitrogen and oxygen atoms in total. The molecule has 0 saturated carbocycles. The van der Waals surface area contributed by atoms with Gasteiger partial charge in [-0.3, -0.25) is 9.78 Å². The summed E-state index contributed by atoms with van der Waals surface area (Å²) in [5.74, 6) is 0.511. The molecule has 0 aliphatic carbocycles. The number of rotatable bonds is 2. The van der Waals surface area contributed by atoms with Gasteiger partial charge >= 0.3 is 0 Å². The summed E-state index contributed by atoms with van der Waals surface area (Å²) in [7, 11) is 0. The highest BCUT2D eigenvalue weighted by molar-refractivity contribution is 7.17. The quantitative estimate of drug-likeness (QED) is 0.786. The van der Waals surface area contributed by atoms with Crippen LogP contribution in [0.4, 0.5) is 0 Å². The highest BCUT2D eigenvalue weighted by atomic mass is 32.1. The summed E-state index contributed by atoms with van der Waals surface area (Å²) in [4.78, 5) is 21.6. The fraction of sp³-hybridized carbons (Fsp3) is 0.200. The Morgan fingerprint density at radius 2 is 2.30 bits per heavy atom. The Morgan fingerprint density at radius 3 is 3.05 bits per heavy atom. The summed E-state index contributed by atoms with van der Waals surface area (Å²) in [6.45, 7) is 1.55. The van der Waals surface area contributed by atoms with Gasteiger partial charge in [-0.2, -0.15) is 0 Å². The van der Waals surface area contributed by atoms with E-state index in [1.165, 1.54) is 5.56 Å². The third-order valence-electron chi connectivity index (χ3n) is 3.79. The molecule has 1 N–H and O–H groups in total. The van der Waals surface area contributed by atoms with Gasteiger partial charge < -0.3 is 9.88 Å². The lowest BCUT2D eigenvalue weighted by molar-refractivity contribution is 0.0597. The monoisotopic (exact) mass is 283 g/mol. The van der Waals surface area contributed by atoms with Gasteiger partial charge in [-0.25, -0.2) is 0 Å². The van der Waals surface area contributed by atoms with Crippen molar-refractivity contribution in [1.82, 2.24) is 14.9 Å². The normalized spacial score (nSPS) is 15.5. The number of amides is 1. The van der Waals surface area contributed by atoms with E-state index in [0.29, 0.717) is 11.6 Å². The molecular weight excluding hydrogens is 270 g/mol. The molecule has 20 heavy (non-hydrogen) atoms. The third kappa shape index (κ3) is 1.82. The van der Waals surface area contributed by atoms with E-state index in [2.05, 4.69) is 16.0 Å². The zero-order valence-electron chi connectivity index (χ0n) is 10.7. The Labute approximate surface area is 120 Å². The molecule has 100 valence electrons. The van der Waals surface area contributed by atoms with Gasteiger partial charge in [0.25, 0.3) is 5.91 Å². The average molecular weight is 283 g/mol. The molecule has 4 heterocycles. The van der Waals surface area contributed by atoms with E-state index in [1.54, 1.807) is 17.5 Å². The number of likely N-dealkylation sites (tertiary alicyclic amines) is 1. The Balaban J connectivity index is 1.48. The minimum absolute atomic E-state index is 0.0912. The van der Waals surface area contributed by atoms with E-state index in [-0.39, 0.29) is 5.91 Å². The maximum absolute atomic E-state index is 12.4. The maximum atomic E-state index is 12.4. The van der Waals surface area contributed by atoms with Crippen LogP contribution in [0.15, 0.2) is 42.0 Å². The van der Waals surface area contributed by atoms with Crippen molar-refractivity contribution < 1.29 is 4.79 Å². The molecule has 0 radical (unpaired) electrons. The van der Waals surface area contributed by atoms with Gasteiger partial charge in [0.15, 0.2) is 0 Å². The van der Waals surface area contributed by atoms with Crippen LogP contribution in [0, 0.1) is 0 Å². The van der Waals surface area contributed by atoms with E-state index in [0.717, 1.165) is 23.3 Å². The summed E-state index contributed by atoms with van der Waals surface area (Å²) >= 11 is 1.65. The fourth-order valence-corrected chi connectivity index (χ4v) is 3.39. The number of hydrogen-bond donors (Lipinski definition) is 1. The predicted octanol–water partition coefficient (Wildman–Crippen LogP) is 2.86. The van der Waals surface area contributed by atoms with Crippen molar-refractivity contribution in [3.05, 3.63) is 53.3 Å². The zero-order valence-corrected chi connectivity index (χ0v) is 11.6. The number of hydrogen-bond acceptors (Lipinski definition) is 3. The molecule has 4 rings (SSSR count). The van der Waals surface area contributed by atoms with E-state index in [9.17, 15) is 4.79 Å². The second-order valence-electron chi connectivity index (χ2n) is 5.07. The van der Waals surface area contributed by atoms with Crippen LogP contribution in [0.5, 0.6) is 0 Å². The first kappa shape index (κ1) is 11.7. The first-order valence-corrected chi connectivity index (χ1v) is 7.44. The molecule has 0 aromatic carbocycles. The highest BCUT2D eigenvalue weighted by Crippen LogP contribution is 2.29. The molecule has 0 atom stereocenters. The number of pyridine rings is 1. The van der Waals surface area contributed by atoms with Crippen LogP contribution in [-0.4, -0.2) is 33.9 Å². The predicted molar refractivity (Wildman–Crippen MR) is 79.1 cm³/mol. The number of H-pyrrole nitrogens is 1. The largest absolute Gasteiger partial charge is 0.350 e. The van der Waals surface area contributed by atoms with Crippen LogP contribution >= 0.6 is 11.3 Å². The number of aromatic amines is 1. The van der Waals surface area contributed by atoms with Crippen molar-refractivity contribution >= 4 is 27.5 Å². The molecule has 3 aromatic rings. The molecule has 3 aromatic heterocycles. The van der Waals surface area contributed by atoms with Crippen LogP contribution in [0.1, 0.15) is 22.0 Å². The molecule has 5 heteroatoms. The Morgan fingerprint density at radius 1 is 1.40 bits per heavy atom. The van der Waals surface area contributed by atoms with E-state index in [1.807, 2.05) is 34.7 Å². The molecule has 1 aliphatic rings. The van der Waals surface area contributed by atoms with Crippen molar-refractivity contribution in [2.45, 2.75) is 5.92 Å². The maximum Gasteiger partial charge on any atom is 0.270 e. The van der Waals surface area contributed by atoms with E-state index < -0.39 is 0 Å². The smallest absolute Gasteiger partial charge is 0.270 e. The van der Waals surface area contributed by atoms with Crippen molar-refractivity contribution in [3.63, 3.8) is 0 Å². The molecular formula is C15H13N3OS. The number of fused-ring (bicyclic) bond motifs is 1. The third-order valence-corrected chi connectivity index (χ3v) is 4.66. The highest BCUT2D eigenvalue weighted by Gasteiger charge is 2.32. The standard InChI is InChI=1S/C15H13N3OS/c19-15(13-6-14-12(17-13)3-5-20-14)18-8-11(9-18)10-2-1-4-16-7-10/h1-7,11,17H,8-9H2. The molecule has 1 aliphatic heterocycles. The number of aromatic nitrogens is 2. The summed E-state index contributed by atoms with van der Waals surface area (Å²) in [6.07, 6.45) is 3.66. The Bertz CT molecular complexity index is 727.